The van der Waals surface area contributed by atoms with Gasteiger partial charge in [-0.05, 0) is 25.8 Å². The molecule has 1 aliphatic rings. The Kier molecular flexibility index (Phi) is 3.23. The maximum atomic E-state index is 11.0. The Hall–Kier alpha value is -1.69. The van der Waals surface area contributed by atoms with Gasteiger partial charge in [-0.25, -0.2) is 4.98 Å². The maximum Gasteiger partial charge on any atom is 0.311 e. The summed E-state index contributed by atoms with van der Waals surface area (Å²) in [6, 6.07) is 3.24. The number of nitro groups is 1. The number of nitrogens with two attached hydrogens (primary N) is 1. The summed E-state index contributed by atoms with van der Waals surface area (Å²) >= 11 is 0. The Labute approximate surface area is 99.6 Å². The second-order valence-corrected chi connectivity index (χ2v) is 4.40. The summed E-state index contributed by atoms with van der Waals surface area (Å²) in [5.74, 6) is 0.449. The minimum absolute atomic E-state index is 0.0599. The average molecular weight is 236 g/mol. The topological polar surface area (TPSA) is 85.3 Å². The molecule has 2 heterocycles. The fraction of sp³-hybridized carbons (Fsp3) is 0.545. The Balaban J connectivity index is 2.35. The molecule has 17 heavy (non-hydrogen) atoms. The number of rotatable bonds is 2. The number of pyridine rings is 1. The number of anilines is 1. The third kappa shape index (κ3) is 2.52. The third-order valence-corrected chi connectivity index (χ3v) is 2.95. The Bertz CT molecular complexity index is 435. The predicted octanol–water partition coefficient (Wildman–Crippen LogP) is 1.23. The molecule has 2 rings (SSSR count). The molecule has 1 aromatic heterocycles. The second-order valence-electron chi connectivity index (χ2n) is 4.40. The van der Waals surface area contributed by atoms with E-state index in [-0.39, 0.29) is 16.7 Å². The zero-order valence-electron chi connectivity index (χ0n) is 9.80. The van der Waals surface area contributed by atoms with Crippen molar-refractivity contribution in [3.8, 4) is 0 Å². The molecule has 0 aromatic carbocycles. The van der Waals surface area contributed by atoms with Crippen LogP contribution in [0.15, 0.2) is 12.1 Å². The largest absolute Gasteiger partial charge is 0.349 e. The lowest BCUT2D eigenvalue weighted by Gasteiger charge is -2.31. The molecule has 0 radical (unpaired) electrons. The van der Waals surface area contributed by atoms with Gasteiger partial charge in [0.15, 0.2) is 0 Å². The van der Waals surface area contributed by atoms with E-state index in [0.717, 1.165) is 25.1 Å². The van der Waals surface area contributed by atoms with Crippen molar-refractivity contribution in [2.24, 2.45) is 5.73 Å². The van der Waals surface area contributed by atoms with E-state index in [4.69, 9.17) is 5.73 Å². The molecule has 0 saturated carbocycles. The van der Waals surface area contributed by atoms with Gasteiger partial charge in [0.05, 0.1) is 4.92 Å². The van der Waals surface area contributed by atoms with Crippen LogP contribution in [0, 0.1) is 17.0 Å². The summed E-state index contributed by atoms with van der Waals surface area (Å²) in [5.41, 5.74) is 6.73. The Morgan fingerprint density at radius 2 is 2.35 bits per heavy atom. The average Bonchev–Trinajstić information content (AvgIpc) is 2.28. The number of aromatic nitrogens is 1. The monoisotopic (exact) mass is 236 g/mol. The zero-order chi connectivity index (χ0) is 12.4. The van der Waals surface area contributed by atoms with Gasteiger partial charge in [-0.2, -0.15) is 0 Å². The van der Waals surface area contributed by atoms with E-state index in [0.29, 0.717) is 12.4 Å². The van der Waals surface area contributed by atoms with Crippen molar-refractivity contribution in [3.05, 3.63) is 27.9 Å². The standard InChI is InChI=1S/C11H16N4O2/c1-8-4-5-10(15(16)17)11(13-8)14-6-2-3-9(12)7-14/h4-5,9H,2-3,6-7,12H2,1H3. The SMILES string of the molecule is Cc1ccc([N+](=O)[O-])c(N2CCCC(N)C2)n1. The molecule has 1 saturated heterocycles. The molecule has 0 aliphatic carbocycles. The van der Waals surface area contributed by atoms with E-state index < -0.39 is 0 Å². The van der Waals surface area contributed by atoms with Crippen molar-refractivity contribution in [1.29, 1.82) is 0 Å². The number of piperidine rings is 1. The van der Waals surface area contributed by atoms with Gasteiger partial charge < -0.3 is 10.6 Å². The van der Waals surface area contributed by atoms with Gasteiger partial charge in [-0.1, -0.05) is 0 Å². The van der Waals surface area contributed by atoms with Crippen LogP contribution in [0.25, 0.3) is 0 Å². The zero-order valence-corrected chi connectivity index (χ0v) is 9.80. The van der Waals surface area contributed by atoms with Crippen molar-refractivity contribution in [2.45, 2.75) is 25.8 Å². The first kappa shape index (κ1) is 11.8. The highest BCUT2D eigenvalue weighted by Gasteiger charge is 2.25. The normalized spacial score (nSPS) is 20.4. The Morgan fingerprint density at radius 3 is 3.00 bits per heavy atom. The molecular formula is C11H16N4O2. The van der Waals surface area contributed by atoms with Crippen molar-refractivity contribution >= 4 is 11.5 Å². The summed E-state index contributed by atoms with van der Waals surface area (Å²) in [7, 11) is 0. The Morgan fingerprint density at radius 1 is 1.59 bits per heavy atom. The molecule has 1 aliphatic heterocycles. The first-order chi connectivity index (χ1) is 8.08. The first-order valence-corrected chi connectivity index (χ1v) is 5.70. The molecule has 1 fully saturated rings. The van der Waals surface area contributed by atoms with Crippen LogP contribution in [-0.2, 0) is 0 Å². The fourth-order valence-electron chi connectivity index (χ4n) is 2.11. The lowest BCUT2D eigenvalue weighted by molar-refractivity contribution is -0.384. The molecule has 92 valence electrons. The van der Waals surface area contributed by atoms with Crippen LogP contribution < -0.4 is 10.6 Å². The highest BCUT2D eigenvalue weighted by atomic mass is 16.6. The minimum Gasteiger partial charge on any atom is -0.349 e. The summed E-state index contributed by atoms with van der Waals surface area (Å²) in [5, 5.41) is 11.0. The van der Waals surface area contributed by atoms with Gasteiger partial charge in [0, 0.05) is 30.9 Å². The summed E-state index contributed by atoms with van der Waals surface area (Å²) in [6.07, 6.45) is 1.92. The fourth-order valence-corrected chi connectivity index (χ4v) is 2.11. The van der Waals surface area contributed by atoms with E-state index in [9.17, 15) is 10.1 Å². The van der Waals surface area contributed by atoms with E-state index in [1.165, 1.54) is 6.07 Å². The summed E-state index contributed by atoms with van der Waals surface area (Å²) < 4.78 is 0. The van der Waals surface area contributed by atoms with Crippen molar-refractivity contribution < 1.29 is 4.92 Å². The molecule has 0 spiro atoms. The van der Waals surface area contributed by atoms with E-state index in [1.54, 1.807) is 6.07 Å². The van der Waals surface area contributed by atoms with Gasteiger partial charge in [0.25, 0.3) is 0 Å². The number of hydrogen-bond donors (Lipinski definition) is 1. The van der Waals surface area contributed by atoms with Gasteiger partial charge >= 0.3 is 5.69 Å². The summed E-state index contributed by atoms with van der Waals surface area (Å²) in [6.45, 7) is 3.25. The predicted molar refractivity (Wildman–Crippen MR) is 65.1 cm³/mol. The van der Waals surface area contributed by atoms with Crippen LogP contribution in [0.2, 0.25) is 0 Å². The van der Waals surface area contributed by atoms with Crippen LogP contribution in [0.3, 0.4) is 0 Å². The molecule has 2 N–H and O–H groups in total. The molecule has 0 amide bonds. The van der Waals surface area contributed by atoms with Gasteiger partial charge in [-0.3, -0.25) is 10.1 Å². The molecule has 1 atom stereocenters. The smallest absolute Gasteiger partial charge is 0.311 e. The van der Waals surface area contributed by atoms with Gasteiger partial charge in [0.2, 0.25) is 5.82 Å². The van der Waals surface area contributed by atoms with Crippen LogP contribution in [-0.4, -0.2) is 29.0 Å². The van der Waals surface area contributed by atoms with Crippen LogP contribution >= 0.6 is 0 Å². The molecule has 6 heteroatoms. The van der Waals surface area contributed by atoms with Crippen LogP contribution in [0.5, 0.6) is 0 Å². The van der Waals surface area contributed by atoms with Crippen molar-refractivity contribution in [1.82, 2.24) is 4.98 Å². The van der Waals surface area contributed by atoms with E-state index >= 15 is 0 Å². The molecule has 1 aromatic rings. The number of aryl methyl sites for hydroxylation is 1. The van der Waals surface area contributed by atoms with Crippen LogP contribution in [0.4, 0.5) is 11.5 Å². The third-order valence-electron chi connectivity index (χ3n) is 2.95. The lowest BCUT2D eigenvalue weighted by atomic mass is 10.1. The molecular weight excluding hydrogens is 220 g/mol. The quantitative estimate of drug-likeness (QED) is 0.616. The molecule has 1 unspecified atom stereocenters. The van der Waals surface area contributed by atoms with Crippen LogP contribution in [0.1, 0.15) is 18.5 Å². The second kappa shape index (κ2) is 4.67. The lowest BCUT2D eigenvalue weighted by Crippen LogP contribution is -2.43. The van der Waals surface area contributed by atoms with Crippen molar-refractivity contribution in [2.75, 3.05) is 18.0 Å². The first-order valence-electron chi connectivity index (χ1n) is 5.70. The minimum atomic E-state index is -0.387. The highest BCUT2D eigenvalue weighted by molar-refractivity contribution is 5.58. The van der Waals surface area contributed by atoms with Gasteiger partial charge in [-0.15, -0.1) is 0 Å². The molecule has 6 nitrogen and oxygen atoms in total. The summed E-state index contributed by atoms with van der Waals surface area (Å²) in [4.78, 5) is 16.8. The highest BCUT2D eigenvalue weighted by Crippen LogP contribution is 2.28. The van der Waals surface area contributed by atoms with Gasteiger partial charge in [0.1, 0.15) is 0 Å². The maximum absolute atomic E-state index is 11.0. The van der Waals surface area contributed by atoms with E-state index in [1.807, 2.05) is 11.8 Å². The molecule has 0 bridgehead atoms. The number of nitrogens with zero attached hydrogens (tertiary/aromatic N) is 3. The number of hydrogen-bond acceptors (Lipinski definition) is 5. The van der Waals surface area contributed by atoms with E-state index in [2.05, 4.69) is 4.98 Å². The van der Waals surface area contributed by atoms with Crippen molar-refractivity contribution in [3.63, 3.8) is 0 Å².